The molecular weight excluding hydrogens is 327 g/mol. The van der Waals surface area contributed by atoms with Crippen molar-refractivity contribution in [3.05, 3.63) is 95.3 Å². The molecule has 1 aliphatic heterocycles. The number of benzene rings is 3. The standard InChI is InChI=1S/C22H21FN2O/c23-18-7-4-8-19(11-18)25-14-17-9-10-20(12-21(17)22(25)13-24)26-15-16-5-2-1-3-6-16/h1-12,22H,13-15,24H2. The normalized spacial score (nSPS) is 15.8. The molecule has 3 nitrogen and oxygen atoms in total. The Kier molecular flexibility index (Phi) is 4.59. The fourth-order valence-electron chi connectivity index (χ4n) is 3.50. The first-order valence-corrected chi connectivity index (χ1v) is 8.76. The van der Waals surface area contributed by atoms with Crippen LogP contribution >= 0.6 is 0 Å². The van der Waals surface area contributed by atoms with E-state index < -0.39 is 0 Å². The molecule has 0 saturated heterocycles. The lowest BCUT2D eigenvalue weighted by atomic mass is 10.0. The Bertz CT molecular complexity index is 898. The Balaban J connectivity index is 1.56. The monoisotopic (exact) mass is 348 g/mol. The van der Waals surface area contributed by atoms with Crippen LogP contribution in [0.3, 0.4) is 0 Å². The molecule has 0 aliphatic carbocycles. The molecule has 3 aromatic rings. The van der Waals surface area contributed by atoms with Crippen LogP contribution in [-0.2, 0) is 13.2 Å². The number of rotatable bonds is 5. The molecule has 26 heavy (non-hydrogen) atoms. The molecule has 0 amide bonds. The predicted octanol–water partition coefficient (Wildman–Crippen LogP) is 4.42. The van der Waals surface area contributed by atoms with Gasteiger partial charge in [-0.1, -0.05) is 42.5 Å². The Morgan fingerprint density at radius 2 is 1.85 bits per heavy atom. The second-order valence-electron chi connectivity index (χ2n) is 6.49. The van der Waals surface area contributed by atoms with E-state index in [-0.39, 0.29) is 11.9 Å². The largest absolute Gasteiger partial charge is 0.489 e. The average Bonchev–Trinajstić information content (AvgIpc) is 3.05. The summed E-state index contributed by atoms with van der Waals surface area (Å²) in [7, 11) is 0. The van der Waals surface area contributed by atoms with Gasteiger partial charge in [-0.2, -0.15) is 0 Å². The molecule has 0 saturated carbocycles. The van der Waals surface area contributed by atoms with Crippen molar-refractivity contribution in [2.45, 2.75) is 19.2 Å². The van der Waals surface area contributed by atoms with Crippen molar-refractivity contribution in [1.82, 2.24) is 0 Å². The molecule has 3 aromatic carbocycles. The maximum Gasteiger partial charge on any atom is 0.125 e. The van der Waals surface area contributed by atoms with Crippen molar-refractivity contribution in [3.63, 3.8) is 0 Å². The van der Waals surface area contributed by atoms with E-state index in [2.05, 4.69) is 17.0 Å². The van der Waals surface area contributed by atoms with Crippen molar-refractivity contribution in [1.29, 1.82) is 0 Å². The first kappa shape index (κ1) is 16.6. The zero-order chi connectivity index (χ0) is 17.9. The van der Waals surface area contributed by atoms with E-state index in [1.54, 1.807) is 12.1 Å². The predicted molar refractivity (Wildman–Crippen MR) is 102 cm³/mol. The fourth-order valence-corrected chi connectivity index (χ4v) is 3.50. The van der Waals surface area contributed by atoms with Gasteiger partial charge in [0.05, 0.1) is 6.04 Å². The lowest BCUT2D eigenvalue weighted by Gasteiger charge is -2.26. The molecule has 2 N–H and O–H groups in total. The highest BCUT2D eigenvalue weighted by Crippen LogP contribution is 2.38. The highest BCUT2D eigenvalue weighted by molar-refractivity contribution is 5.56. The highest BCUT2D eigenvalue weighted by Gasteiger charge is 2.30. The molecule has 1 unspecified atom stereocenters. The zero-order valence-corrected chi connectivity index (χ0v) is 14.4. The first-order valence-electron chi connectivity index (χ1n) is 8.76. The van der Waals surface area contributed by atoms with Gasteiger partial charge in [0.15, 0.2) is 0 Å². The summed E-state index contributed by atoms with van der Waals surface area (Å²) in [5.41, 5.74) is 10.4. The van der Waals surface area contributed by atoms with E-state index >= 15 is 0 Å². The molecule has 1 heterocycles. The van der Waals surface area contributed by atoms with Gasteiger partial charge in [0, 0.05) is 18.8 Å². The number of halogens is 1. The highest BCUT2D eigenvalue weighted by atomic mass is 19.1. The fraction of sp³-hybridized carbons (Fsp3) is 0.182. The molecule has 0 spiro atoms. The number of anilines is 1. The molecule has 1 atom stereocenters. The molecular formula is C22H21FN2O. The Morgan fingerprint density at radius 1 is 1.00 bits per heavy atom. The second kappa shape index (κ2) is 7.18. The third-order valence-electron chi connectivity index (χ3n) is 4.80. The summed E-state index contributed by atoms with van der Waals surface area (Å²) >= 11 is 0. The number of hydrogen-bond acceptors (Lipinski definition) is 3. The summed E-state index contributed by atoms with van der Waals surface area (Å²) in [6, 6.07) is 22.9. The molecule has 0 aromatic heterocycles. The first-order chi connectivity index (χ1) is 12.7. The van der Waals surface area contributed by atoms with Crippen LogP contribution in [0.2, 0.25) is 0 Å². The lowest BCUT2D eigenvalue weighted by molar-refractivity contribution is 0.306. The van der Waals surface area contributed by atoms with Crippen LogP contribution in [0, 0.1) is 5.82 Å². The van der Waals surface area contributed by atoms with Gasteiger partial charge in [-0.3, -0.25) is 0 Å². The van der Waals surface area contributed by atoms with Crippen molar-refractivity contribution < 1.29 is 9.13 Å². The summed E-state index contributed by atoms with van der Waals surface area (Å²) in [6.07, 6.45) is 0. The summed E-state index contributed by atoms with van der Waals surface area (Å²) < 4.78 is 19.6. The summed E-state index contributed by atoms with van der Waals surface area (Å²) in [5.74, 6) is 0.591. The van der Waals surface area contributed by atoms with Crippen LogP contribution in [0.15, 0.2) is 72.8 Å². The van der Waals surface area contributed by atoms with Crippen molar-refractivity contribution in [2.75, 3.05) is 11.4 Å². The smallest absolute Gasteiger partial charge is 0.125 e. The van der Waals surface area contributed by atoms with Crippen LogP contribution in [0.4, 0.5) is 10.1 Å². The average molecular weight is 348 g/mol. The molecule has 0 fully saturated rings. The number of nitrogens with zero attached hydrogens (tertiary/aromatic N) is 1. The van der Waals surface area contributed by atoms with Gasteiger partial charge in [-0.25, -0.2) is 4.39 Å². The van der Waals surface area contributed by atoms with Gasteiger partial charge in [-0.05, 0) is 47.0 Å². The quantitative estimate of drug-likeness (QED) is 0.741. The van der Waals surface area contributed by atoms with E-state index in [0.717, 1.165) is 29.1 Å². The lowest BCUT2D eigenvalue weighted by Crippen LogP contribution is -2.27. The van der Waals surface area contributed by atoms with E-state index in [1.807, 2.05) is 42.5 Å². The topological polar surface area (TPSA) is 38.5 Å². The number of fused-ring (bicyclic) bond motifs is 1. The van der Waals surface area contributed by atoms with Gasteiger partial charge < -0.3 is 15.4 Å². The van der Waals surface area contributed by atoms with E-state index in [0.29, 0.717) is 13.2 Å². The Labute approximate surface area is 152 Å². The van der Waals surface area contributed by atoms with Gasteiger partial charge in [0.25, 0.3) is 0 Å². The minimum atomic E-state index is -0.235. The van der Waals surface area contributed by atoms with Crippen molar-refractivity contribution >= 4 is 5.69 Å². The minimum Gasteiger partial charge on any atom is -0.489 e. The van der Waals surface area contributed by atoms with E-state index in [4.69, 9.17) is 10.5 Å². The van der Waals surface area contributed by atoms with Gasteiger partial charge in [0.1, 0.15) is 18.2 Å². The second-order valence-corrected chi connectivity index (χ2v) is 6.49. The molecule has 132 valence electrons. The molecule has 0 bridgehead atoms. The molecule has 4 rings (SSSR count). The number of ether oxygens (including phenoxy) is 1. The van der Waals surface area contributed by atoms with E-state index in [9.17, 15) is 4.39 Å². The number of nitrogens with two attached hydrogens (primary N) is 1. The van der Waals surface area contributed by atoms with Crippen LogP contribution in [0.25, 0.3) is 0 Å². The van der Waals surface area contributed by atoms with E-state index in [1.165, 1.54) is 11.6 Å². The van der Waals surface area contributed by atoms with Crippen LogP contribution in [0.5, 0.6) is 5.75 Å². The minimum absolute atomic E-state index is 0.0204. The van der Waals surface area contributed by atoms with Crippen molar-refractivity contribution in [2.24, 2.45) is 5.73 Å². The van der Waals surface area contributed by atoms with Gasteiger partial charge in [-0.15, -0.1) is 0 Å². The SMILES string of the molecule is NCC1c2cc(OCc3ccccc3)ccc2CN1c1cccc(F)c1. The van der Waals surface area contributed by atoms with Crippen LogP contribution < -0.4 is 15.4 Å². The Hall–Kier alpha value is -2.85. The maximum absolute atomic E-state index is 13.6. The Morgan fingerprint density at radius 3 is 2.62 bits per heavy atom. The summed E-state index contributed by atoms with van der Waals surface area (Å²) in [4.78, 5) is 2.15. The zero-order valence-electron chi connectivity index (χ0n) is 14.4. The van der Waals surface area contributed by atoms with Crippen LogP contribution in [-0.4, -0.2) is 6.54 Å². The molecule has 4 heteroatoms. The number of hydrogen-bond donors (Lipinski definition) is 1. The summed E-state index contributed by atoms with van der Waals surface area (Å²) in [6.45, 7) is 1.71. The summed E-state index contributed by atoms with van der Waals surface area (Å²) in [5, 5.41) is 0. The molecule has 0 radical (unpaired) electrons. The maximum atomic E-state index is 13.6. The molecule has 1 aliphatic rings. The van der Waals surface area contributed by atoms with Gasteiger partial charge in [0.2, 0.25) is 0 Å². The third kappa shape index (κ3) is 3.28. The third-order valence-corrected chi connectivity index (χ3v) is 4.80. The van der Waals surface area contributed by atoms with Gasteiger partial charge >= 0.3 is 0 Å². The van der Waals surface area contributed by atoms with Crippen molar-refractivity contribution in [3.8, 4) is 5.75 Å². The van der Waals surface area contributed by atoms with Crippen LogP contribution in [0.1, 0.15) is 22.7 Å².